The lowest BCUT2D eigenvalue weighted by atomic mass is 10.2. The molecule has 0 saturated heterocycles. The third kappa shape index (κ3) is 3.81. The molecule has 0 atom stereocenters. The van der Waals surface area contributed by atoms with E-state index in [9.17, 15) is 9.59 Å². The number of anilines is 1. The molecule has 5 nitrogen and oxygen atoms in total. The van der Waals surface area contributed by atoms with Crippen molar-refractivity contribution < 1.29 is 4.79 Å². The van der Waals surface area contributed by atoms with Gasteiger partial charge < -0.3 is 14.9 Å². The van der Waals surface area contributed by atoms with E-state index >= 15 is 0 Å². The van der Waals surface area contributed by atoms with Crippen molar-refractivity contribution in [2.24, 2.45) is 7.05 Å². The molecule has 1 amide bonds. The Hall–Kier alpha value is -3.08. The van der Waals surface area contributed by atoms with Crippen LogP contribution in [-0.2, 0) is 18.3 Å². The maximum Gasteiger partial charge on any atom is 0.250 e. The molecule has 0 aliphatic rings. The number of carbonyl (C=O) groups is 1. The molecule has 24 heavy (non-hydrogen) atoms. The first kappa shape index (κ1) is 15.8. The van der Waals surface area contributed by atoms with Gasteiger partial charge in [-0.1, -0.05) is 30.3 Å². The highest BCUT2D eigenvalue weighted by Gasteiger charge is 2.06. The summed E-state index contributed by atoms with van der Waals surface area (Å²) in [7, 11) is 1.65. The zero-order chi connectivity index (χ0) is 16.9. The zero-order valence-corrected chi connectivity index (χ0v) is 13.5. The molecule has 0 bridgehead atoms. The standard InChI is InChI=1S/C19H19N3O2/c1-22-13-16(9-12-19(22)24)21-18(23)11-8-15-7-10-17(20-15)14-5-3-2-4-6-14/h2-7,9-10,12-13,20H,8,11H2,1H3,(H,21,23). The zero-order valence-electron chi connectivity index (χ0n) is 13.5. The SMILES string of the molecule is Cn1cc(NC(=O)CCc2ccc(-c3ccccc3)[nH]2)ccc1=O. The largest absolute Gasteiger partial charge is 0.358 e. The average Bonchev–Trinajstić information content (AvgIpc) is 3.06. The number of pyridine rings is 1. The number of hydrogen-bond donors (Lipinski definition) is 2. The smallest absolute Gasteiger partial charge is 0.250 e. The molecule has 3 aromatic rings. The topological polar surface area (TPSA) is 66.9 Å². The summed E-state index contributed by atoms with van der Waals surface area (Å²) in [5.74, 6) is -0.0792. The van der Waals surface area contributed by atoms with Gasteiger partial charge in [0.2, 0.25) is 11.5 Å². The number of aryl methyl sites for hydroxylation is 2. The van der Waals surface area contributed by atoms with Crippen LogP contribution in [0.25, 0.3) is 11.3 Å². The summed E-state index contributed by atoms with van der Waals surface area (Å²) >= 11 is 0. The van der Waals surface area contributed by atoms with Crippen LogP contribution in [0.4, 0.5) is 5.69 Å². The van der Waals surface area contributed by atoms with Crippen LogP contribution in [0.15, 0.2) is 65.6 Å². The highest BCUT2D eigenvalue weighted by molar-refractivity contribution is 5.90. The van der Waals surface area contributed by atoms with Crippen LogP contribution >= 0.6 is 0 Å². The van der Waals surface area contributed by atoms with Gasteiger partial charge in [-0.05, 0) is 30.2 Å². The van der Waals surface area contributed by atoms with Crippen molar-refractivity contribution in [3.63, 3.8) is 0 Å². The lowest BCUT2D eigenvalue weighted by molar-refractivity contribution is -0.116. The molecule has 0 fully saturated rings. The lowest BCUT2D eigenvalue weighted by Crippen LogP contribution is -2.18. The molecule has 0 saturated carbocycles. The van der Waals surface area contributed by atoms with Crippen molar-refractivity contribution in [2.75, 3.05) is 5.32 Å². The number of hydrogen-bond acceptors (Lipinski definition) is 2. The second-order valence-electron chi connectivity index (χ2n) is 5.68. The van der Waals surface area contributed by atoms with Crippen molar-refractivity contribution in [3.05, 3.63) is 76.8 Å². The van der Waals surface area contributed by atoms with E-state index in [2.05, 4.69) is 10.3 Å². The maximum absolute atomic E-state index is 12.0. The highest BCUT2D eigenvalue weighted by atomic mass is 16.1. The fraction of sp³-hybridized carbons (Fsp3) is 0.158. The summed E-state index contributed by atoms with van der Waals surface area (Å²) in [6.07, 6.45) is 2.62. The molecule has 0 aliphatic heterocycles. The van der Waals surface area contributed by atoms with Crippen LogP contribution in [0.3, 0.4) is 0 Å². The van der Waals surface area contributed by atoms with Crippen molar-refractivity contribution in [1.29, 1.82) is 0 Å². The van der Waals surface area contributed by atoms with E-state index < -0.39 is 0 Å². The fourth-order valence-corrected chi connectivity index (χ4v) is 2.51. The Morgan fingerprint density at radius 2 is 1.88 bits per heavy atom. The summed E-state index contributed by atoms with van der Waals surface area (Å²) in [6.45, 7) is 0. The lowest BCUT2D eigenvalue weighted by Gasteiger charge is -2.06. The van der Waals surface area contributed by atoms with E-state index in [1.54, 1.807) is 19.3 Å². The van der Waals surface area contributed by atoms with Crippen LogP contribution in [0.5, 0.6) is 0 Å². The number of rotatable bonds is 5. The predicted molar refractivity (Wildman–Crippen MR) is 94.9 cm³/mol. The Morgan fingerprint density at radius 3 is 2.62 bits per heavy atom. The number of aromatic amines is 1. The Balaban J connectivity index is 1.57. The molecule has 0 spiro atoms. The van der Waals surface area contributed by atoms with Crippen molar-refractivity contribution in [1.82, 2.24) is 9.55 Å². The number of aromatic nitrogens is 2. The molecule has 2 aromatic heterocycles. The van der Waals surface area contributed by atoms with Crippen LogP contribution in [0.1, 0.15) is 12.1 Å². The number of benzene rings is 1. The van der Waals surface area contributed by atoms with Gasteiger partial charge in [-0.25, -0.2) is 0 Å². The van der Waals surface area contributed by atoms with Crippen LogP contribution < -0.4 is 10.9 Å². The monoisotopic (exact) mass is 321 g/mol. The predicted octanol–water partition coefficient (Wildman–Crippen LogP) is 2.95. The molecular weight excluding hydrogens is 302 g/mol. The Morgan fingerprint density at radius 1 is 1.08 bits per heavy atom. The summed E-state index contributed by atoms with van der Waals surface area (Å²) in [5.41, 5.74) is 3.71. The summed E-state index contributed by atoms with van der Waals surface area (Å²) in [5, 5.41) is 2.81. The number of H-pyrrole nitrogens is 1. The van der Waals surface area contributed by atoms with Gasteiger partial charge in [-0.2, -0.15) is 0 Å². The Labute approximate surface area is 140 Å². The molecule has 2 heterocycles. The molecule has 5 heteroatoms. The number of amides is 1. The van der Waals surface area contributed by atoms with Crippen molar-refractivity contribution in [3.8, 4) is 11.3 Å². The third-order valence-corrected chi connectivity index (χ3v) is 3.82. The second-order valence-corrected chi connectivity index (χ2v) is 5.68. The molecule has 122 valence electrons. The van der Waals surface area contributed by atoms with Crippen LogP contribution in [-0.4, -0.2) is 15.5 Å². The van der Waals surface area contributed by atoms with Gasteiger partial charge in [-0.3, -0.25) is 9.59 Å². The number of nitrogens with one attached hydrogen (secondary N) is 2. The first-order chi connectivity index (χ1) is 11.6. The first-order valence-corrected chi connectivity index (χ1v) is 7.82. The normalized spacial score (nSPS) is 10.5. The van der Waals surface area contributed by atoms with Crippen LogP contribution in [0.2, 0.25) is 0 Å². The molecular formula is C19H19N3O2. The van der Waals surface area contributed by atoms with Crippen molar-refractivity contribution in [2.45, 2.75) is 12.8 Å². The summed E-state index contributed by atoms with van der Waals surface area (Å²) < 4.78 is 1.44. The van der Waals surface area contributed by atoms with Gasteiger partial charge in [0, 0.05) is 37.1 Å². The molecule has 1 aromatic carbocycles. The van der Waals surface area contributed by atoms with Gasteiger partial charge in [0.05, 0.1) is 5.69 Å². The van der Waals surface area contributed by atoms with Crippen molar-refractivity contribution >= 4 is 11.6 Å². The summed E-state index contributed by atoms with van der Waals surface area (Å²) in [4.78, 5) is 26.7. The average molecular weight is 321 g/mol. The highest BCUT2D eigenvalue weighted by Crippen LogP contribution is 2.18. The molecule has 3 rings (SSSR count). The Bertz CT molecular complexity index is 894. The van der Waals surface area contributed by atoms with Crippen LogP contribution in [0, 0.1) is 0 Å². The second kappa shape index (κ2) is 7.00. The molecule has 0 radical (unpaired) electrons. The fourth-order valence-electron chi connectivity index (χ4n) is 2.51. The minimum absolute atomic E-state index is 0.0792. The van der Waals surface area contributed by atoms with E-state index in [-0.39, 0.29) is 11.5 Å². The van der Waals surface area contributed by atoms with E-state index in [4.69, 9.17) is 0 Å². The minimum atomic E-state index is -0.104. The van der Waals surface area contributed by atoms with Gasteiger partial charge in [0.25, 0.3) is 0 Å². The molecule has 0 aliphatic carbocycles. The quantitative estimate of drug-likeness (QED) is 0.759. The molecule has 0 unspecified atom stereocenters. The molecule has 2 N–H and O–H groups in total. The van der Waals surface area contributed by atoms with E-state index in [0.717, 1.165) is 17.0 Å². The third-order valence-electron chi connectivity index (χ3n) is 3.82. The minimum Gasteiger partial charge on any atom is -0.358 e. The Kier molecular flexibility index (Phi) is 4.61. The van der Waals surface area contributed by atoms with Gasteiger partial charge in [0.15, 0.2) is 0 Å². The number of carbonyl (C=O) groups excluding carboxylic acids is 1. The van der Waals surface area contributed by atoms with Gasteiger partial charge in [0.1, 0.15) is 0 Å². The number of nitrogens with zero attached hydrogens (tertiary/aromatic N) is 1. The first-order valence-electron chi connectivity index (χ1n) is 7.82. The van der Waals surface area contributed by atoms with E-state index in [0.29, 0.717) is 18.5 Å². The van der Waals surface area contributed by atoms with E-state index in [1.165, 1.54) is 10.6 Å². The van der Waals surface area contributed by atoms with Gasteiger partial charge in [-0.15, -0.1) is 0 Å². The summed E-state index contributed by atoms with van der Waals surface area (Å²) in [6, 6.07) is 17.1. The maximum atomic E-state index is 12.0. The van der Waals surface area contributed by atoms with E-state index in [1.807, 2.05) is 42.5 Å². The van der Waals surface area contributed by atoms with Gasteiger partial charge >= 0.3 is 0 Å².